The number of imidazole rings is 1. The highest BCUT2D eigenvalue weighted by atomic mass is 19.4. The number of rotatable bonds is 11. The highest BCUT2D eigenvalue weighted by Gasteiger charge is 2.30. The van der Waals surface area contributed by atoms with Gasteiger partial charge < -0.3 is 14.2 Å². The number of hydrogen-bond acceptors (Lipinski definition) is 7. The normalized spacial score (nSPS) is 11.5. The van der Waals surface area contributed by atoms with Crippen LogP contribution in [0.15, 0.2) is 49.1 Å². The van der Waals surface area contributed by atoms with Gasteiger partial charge in [0.15, 0.2) is 5.78 Å². The number of methoxy groups -OCH3 is 3. The van der Waals surface area contributed by atoms with Crippen LogP contribution < -0.4 is 9.47 Å². The van der Waals surface area contributed by atoms with E-state index in [-0.39, 0.29) is 23.0 Å². The number of Topliss-reactive ketones (excluding diaryl/α,β-unsaturated/α-hetero) is 1. The summed E-state index contributed by atoms with van der Waals surface area (Å²) >= 11 is 0. The van der Waals surface area contributed by atoms with E-state index in [1.54, 1.807) is 29.2 Å². The Bertz CT molecular complexity index is 1470. The minimum absolute atomic E-state index is 0.0345. The van der Waals surface area contributed by atoms with Crippen LogP contribution in [0.2, 0.25) is 0 Å². The van der Waals surface area contributed by atoms with Crippen molar-refractivity contribution in [3.63, 3.8) is 0 Å². The van der Waals surface area contributed by atoms with Crippen LogP contribution in [0.5, 0.6) is 11.5 Å². The molecular formula is C27H27F3N4O5. The van der Waals surface area contributed by atoms with E-state index in [9.17, 15) is 22.8 Å². The van der Waals surface area contributed by atoms with Crippen LogP contribution in [0.3, 0.4) is 0 Å². The van der Waals surface area contributed by atoms with E-state index in [4.69, 9.17) is 9.47 Å². The van der Waals surface area contributed by atoms with Gasteiger partial charge in [-0.25, -0.2) is 4.98 Å². The number of nitrogens with zero attached hydrogens (tertiary/aromatic N) is 4. The van der Waals surface area contributed by atoms with Gasteiger partial charge in [0, 0.05) is 42.9 Å². The molecule has 0 aliphatic carbocycles. The number of aryl methyl sites for hydroxylation is 1. The quantitative estimate of drug-likeness (QED) is 0.185. The van der Waals surface area contributed by atoms with E-state index < -0.39 is 24.8 Å². The van der Waals surface area contributed by atoms with Crippen LogP contribution >= 0.6 is 0 Å². The summed E-state index contributed by atoms with van der Waals surface area (Å²) in [7, 11) is 4.04. The molecule has 0 amide bonds. The maximum Gasteiger partial charge on any atom is 0.389 e. The SMILES string of the molecule is COC(=O)CCCn1cc(-c2ccn3c(-c4cc(OC)c(C(=O)CCC(F)(F)F)c(OC)c4)cnc3c2)cn1. The topological polar surface area (TPSA) is 97.0 Å². The lowest BCUT2D eigenvalue weighted by Gasteiger charge is -2.15. The second-order valence-corrected chi connectivity index (χ2v) is 8.75. The Hall–Kier alpha value is -4.35. The molecule has 0 aliphatic heterocycles. The van der Waals surface area contributed by atoms with E-state index in [2.05, 4.69) is 14.8 Å². The number of carbonyl (C=O) groups is 2. The molecule has 0 spiro atoms. The van der Waals surface area contributed by atoms with Crippen LogP contribution in [-0.4, -0.2) is 58.4 Å². The summed E-state index contributed by atoms with van der Waals surface area (Å²) in [5.41, 5.74) is 3.65. The van der Waals surface area contributed by atoms with Crippen molar-refractivity contribution < 1.29 is 37.0 Å². The van der Waals surface area contributed by atoms with Gasteiger partial charge in [0.25, 0.3) is 0 Å². The van der Waals surface area contributed by atoms with Crippen molar-refractivity contribution in [1.29, 1.82) is 0 Å². The molecule has 0 N–H and O–H groups in total. The third-order valence-electron chi connectivity index (χ3n) is 6.19. The highest BCUT2D eigenvalue weighted by Crippen LogP contribution is 2.37. The van der Waals surface area contributed by atoms with Crippen molar-refractivity contribution in [3.05, 3.63) is 54.6 Å². The molecule has 0 fully saturated rings. The Morgan fingerprint density at radius 2 is 1.67 bits per heavy atom. The number of ketones is 1. The number of hydrogen-bond donors (Lipinski definition) is 0. The molecule has 0 radical (unpaired) electrons. The first-order valence-electron chi connectivity index (χ1n) is 12.1. The van der Waals surface area contributed by atoms with E-state index in [1.165, 1.54) is 21.3 Å². The lowest BCUT2D eigenvalue weighted by molar-refractivity contribution is -0.140. The predicted octanol–water partition coefficient (Wildman–Crippen LogP) is 5.36. The minimum atomic E-state index is -4.45. The Morgan fingerprint density at radius 1 is 0.949 bits per heavy atom. The second-order valence-electron chi connectivity index (χ2n) is 8.75. The number of halogens is 3. The summed E-state index contributed by atoms with van der Waals surface area (Å²) in [6.45, 7) is 0.573. The fourth-order valence-electron chi connectivity index (χ4n) is 4.21. The Labute approximate surface area is 222 Å². The van der Waals surface area contributed by atoms with Gasteiger partial charge >= 0.3 is 12.1 Å². The number of aromatic nitrogens is 4. The Balaban J connectivity index is 1.60. The minimum Gasteiger partial charge on any atom is -0.496 e. The first-order chi connectivity index (χ1) is 18.6. The molecule has 4 rings (SSSR count). The summed E-state index contributed by atoms with van der Waals surface area (Å²) in [6, 6.07) is 6.96. The van der Waals surface area contributed by atoms with Crippen LogP contribution in [0.25, 0.3) is 28.0 Å². The number of alkyl halides is 3. The number of fused-ring (bicyclic) bond motifs is 1. The average molecular weight is 545 g/mol. The fourth-order valence-corrected chi connectivity index (χ4v) is 4.21. The number of esters is 1. The Morgan fingerprint density at radius 3 is 2.31 bits per heavy atom. The standard InChI is InChI=1S/C27H27F3N4O5/c1-37-22-11-18(12-23(38-2)26(22)21(35)6-8-27(28,29)30)20-15-31-24-13-17(7-10-34(20)24)19-14-32-33(16-19)9-4-5-25(36)39-3/h7,10-16H,4-6,8-9H2,1-3H3. The van der Waals surface area contributed by atoms with E-state index in [0.29, 0.717) is 36.3 Å². The van der Waals surface area contributed by atoms with Crippen LogP contribution in [0, 0.1) is 0 Å². The molecular weight excluding hydrogens is 517 g/mol. The van der Waals surface area contributed by atoms with Crippen molar-refractivity contribution in [2.45, 2.75) is 38.4 Å². The molecule has 39 heavy (non-hydrogen) atoms. The summed E-state index contributed by atoms with van der Waals surface area (Å²) in [6.07, 6.45) is 1.63. The summed E-state index contributed by atoms with van der Waals surface area (Å²) in [4.78, 5) is 28.4. The lowest BCUT2D eigenvalue weighted by Crippen LogP contribution is -2.12. The molecule has 9 nitrogen and oxygen atoms in total. The van der Waals surface area contributed by atoms with Gasteiger partial charge in [0.05, 0.1) is 45.8 Å². The van der Waals surface area contributed by atoms with Crippen molar-refractivity contribution in [2.75, 3.05) is 21.3 Å². The van der Waals surface area contributed by atoms with Gasteiger partial charge in [-0.15, -0.1) is 0 Å². The van der Waals surface area contributed by atoms with Gasteiger partial charge in [-0.2, -0.15) is 18.3 Å². The summed E-state index contributed by atoms with van der Waals surface area (Å²) in [5, 5.41) is 4.35. The number of carbonyl (C=O) groups excluding carboxylic acids is 2. The van der Waals surface area contributed by atoms with Crippen molar-refractivity contribution >= 4 is 17.4 Å². The molecule has 0 unspecified atom stereocenters. The first kappa shape index (κ1) is 27.7. The molecule has 0 saturated carbocycles. The predicted molar refractivity (Wildman–Crippen MR) is 136 cm³/mol. The third-order valence-corrected chi connectivity index (χ3v) is 6.19. The van der Waals surface area contributed by atoms with E-state index in [1.807, 2.05) is 28.9 Å². The van der Waals surface area contributed by atoms with Gasteiger partial charge in [-0.3, -0.25) is 18.7 Å². The summed E-state index contributed by atoms with van der Waals surface area (Å²) in [5.74, 6) is -0.757. The van der Waals surface area contributed by atoms with Crippen molar-refractivity contribution in [2.24, 2.45) is 0 Å². The van der Waals surface area contributed by atoms with E-state index >= 15 is 0 Å². The summed E-state index contributed by atoms with van der Waals surface area (Å²) < 4.78 is 57.0. The van der Waals surface area contributed by atoms with Crippen molar-refractivity contribution in [1.82, 2.24) is 19.2 Å². The molecule has 206 valence electrons. The molecule has 4 aromatic rings. The first-order valence-corrected chi connectivity index (χ1v) is 12.1. The van der Waals surface area contributed by atoms with Crippen LogP contribution in [0.1, 0.15) is 36.0 Å². The molecule has 0 atom stereocenters. The number of pyridine rings is 1. The maximum absolute atomic E-state index is 12.7. The van der Waals surface area contributed by atoms with Gasteiger partial charge in [0.2, 0.25) is 0 Å². The average Bonchev–Trinajstić information content (AvgIpc) is 3.57. The molecule has 3 heterocycles. The highest BCUT2D eigenvalue weighted by molar-refractivity contribution is 6.02. The fraction of sp³-hybridized carbons (Fsp3) is 0.333. The van der Waals surface area contributed by atoms with Crippen molar-refractivity contribution in [3.8, 4) is 33.9 Å². The molecule has 12 heteroatoms. The molecule has 0 saturated heterocycles. The van der Waals surface area contributed by atoms with Crippen LogP contribution in [0.4, 0.5) is 13.2 Å². The van der Waals surface area contributed by atoms with Crippen LogP contribution in [-0.2, 0) is 16.1 Å². The zero-order valence-electron chi connectivity index (χ0n) is 21.6. The zero-order valence-corrected chi connectivity index (χ0v) is 21.6. The number of benzene rings is 1. The largest absolute Gasteiger partial charge is 0.496 e. The van der Waals surface area contributed by atoms with Gasteiger partial charge in [-0.05, 0) is 36.2 Å². The second kappa shape index (κ2) is 11.6. The maximum atomic E-state index is 12.7. The lowest BCUT2D eigenvalue weighted by atomic mass is 10.0. The van der Waals surface area contributed by atoms with E-state index in [0.717, 1.165) is 11.1 Å². The van der Waals surface area contributed by atoms with Gasteiger partial charge in [-0.1, -0.05) is 0 Å². The molecule has 0 aliphatic rings. The van der Waals surface area contributed by atoms with Gasteiger partial charge in [0.1, 0.15) is 22.7 Å². The third kappa shape index (κ3) is 6.39. The molecule has 0 bridgehead atoms. The zero-order chi connectivity index (χ0) is 28.2. The number of ether oxygens (including phenoxy) is 3. The monoisotopic (exact) mass is 544 g/mol. The molecule has 1 aromatic carbocycles. The smallest absolute Gasteiger partial charge is 0.389 e. The Kier molecular flexibility index (Phi) is 8.22. The molecule has 3 aromatic heterocycles.